The van der Waals surface area contributed by atoms with Gasteiger partial charge in [0.05, 0.1) is 11.8 Å². The molecule has 0 spiro atoms. The molecule has 4 nitrogen and oxygen atoms in total. The van der Waals surface area contributed by atoms with Crippen LogP contribution in [0, 0.1) is 0 Å². The fraction of sp³-hybridized carbons (Fsp3) is 0.350. The monoisotopic (exact) mass is 356 g/mol. The van der Waals surface area contributed by atoms with Gasteiger partial charge in [-0.3, -0.25) is 0 Å². The van der Waals surface area contributed by atoms with E-state index in [1.165, 1.54) is 0 Å². The fourth-order valence-corrected chi connectivity index (χ4v) is 3.54. The summed E-state index contributed by atoms with van der Waals surface area (Å²) in [5.41, 5.74) is 6.89. The number of hydrogen-bond acceptors (Lipinski definition) is 4. The van der Waals surface area contributed by atoms with Crippen molar-refractivity contribution in [2.24, 2.45) is 5.10 Å². The number of aryl methyl sites for hydroxylation is 1. The van der Waals surface area contributed by atoms with E-state index in [0.717, 1.165) is 52.4 Å². The highest BCUT2D eigenvalue weighted by Crippen LogP contribution is 2.38. The van der Waals surface area contributed by atoms with Crippen LogP contribution < -0.4 is 10.2 Å². The number of hydrogen-bond donors (Lipinski definition) is 2. The van der Waals surface area contributed by atoms with Crippen molar-refractivity contribution in [3.63, 3.8) is 0 Å². The molecule has 0 aromatic heterocycles. The van der Waals surface area contributed by atoms with Gasteiger partial charge in [-0.1, -0.05) is 23.7 Å². The molecular formula is C20H21ClN2O2. The molecular weight excluding hydrogens is 336 g/mol. The lowest BCUT2D eigenvalue weighted by Crippen LogP contribution is -2.32. The Balaban J connectivity index is 1.58. The number of ether oxygens (including phenoxy) is 1. The lowest BCUT2D eigenvalue weighted by Gasteiger charge is -2.33. The van der Waals surface area contributed by atoms with E-state index in [9.17, 15) is 5.11 Å². The first-order valence-corrected chi connectivity index (χ1v) is 8.92. The average molecular weight is 357 g/mol. The van der Waals surface area contributed by atoms with E-state index < -0.39 is 0 Å². The van der Waals surface area contributed by atoms with Gasteiger partial charge in [-0.2, -0.15) is 5.10 Å². The molecule has 2 aromatic carbocycles. The molecule has 2 aromatic rings. The van der Waals surface area contributed by atoms with E-state index in [0.29, 0.717) is 0 Å². The second kappa shape index (κ2) is 5.95. The lowest BCUT2D eigenvalue weighted by molar-refractivity contribution is 0.0843. The highest BCUT2D eigenvalue weighted by Gasteiger charge is 2.29. The highest BCUT2D eigenvalue weighted by atomic mass is 35.5. The van der Waals surface area contributed by atoms with Crippen molar-refractivity contribution in [1.29, 1.82) is 0 Å². The summed E-state index contributed by atoms with van der Waals surface area (Å²) in [5, 5.41) is 15.7. The van der Waals surface area contributed by atoms with E-state index >= 15 is 0 Å². The zero-order valence-corrected chi connectivity index (χ0v) is 15.1. The average Bonchev–Trinajstić information content (AvgIpc) is 3.04. The van der Waals surface area contributed by atoms with Crippen LogP contribution in [0.25, 0.3) is 0 Å². The molecule has 25 heavy (non-hydrogen) atoms. The minimum absolute atomic E-state index is 0.0953. The Morgan fingerprint density at radius 1 is 1.24 bits per heavy atom. The Morgan fingerprint density at radius 3 is 2.76 bits per heavy atom. The fourth-order valence-electron chi connectivity index (χ4n) is 3.42. The van der Waals surface area contributed by atoms with Gasteiger partial charge in [-0.15, -0.1) is 0 Å². The van der Waals surface area contributed by atoms with Gasteiger partial charge in [0.25, 0.3) is 0 Å². The van der Waals surface area contributed by atoms with Crippen molar-refractivity contribution < 1.29 is 9.84 Å². The van der Waals surface area contributed by atoms with Crippen molar-refractivity contribution in [1.82, 2.24) is 5.43 Å². The SMILES string of the molecule is CC1(C)CCc2cc(C3=NNC(c4ccc(Cl)cc4)C3)c(O)cc2O1. The Morgan fingerprint density at radius 2 is 2.00 bits per heavy atom. The number of halogens is 1. The van der Waals surface area contributed by atoms with Crippen LogP contribution in [0.1, 0.15) is 49.4 Å². The summed E-state index contributed by atoms with van der Waals surface area (Å²) in [7, 11) is 0. The quantitative estimate of drug-likeness (QED) is 0.827. The molecule has 4 rings (SSSR count). The van der Waals surface area contributed by atoms with Crippen molar-refractivity contribution >= 4 is 17.3 Å². The molecule has 0 fully saturated rings. The topological polar surface area (TPSA) is 53.9 Å². The van der Waals surface area contributed by atoms with Gasteiger partial charge in [-0.25, -0.2) is 0 Å². The summed E-state index contributed by atoms with van der Waals surface area (Å²) >= 11 is 5.96. The van der Waals surface area contributed by atoms with E-state index in [1.54, 1.807) is 6.07 Å². The maximum absolute atomic E-state index is 10.5. The van der Waals surface area contributed by atoms with E-state index in [2.05, 4.69) is 24.4 Å². The molecule has 1 atom stereocenters. The molecule has 2 heterocycles. The lowest BCUT2D eigenvalue weighted by atomic mass is 9.91. The first kappa shape index (κ1) is 16.3. The zero-order valence-electron chi connectivity index (χ0n) is 14.3. The molecule has 2 aliphatic rings. The van der Waals surface area contributed by atoms with E-state index in [1.807, 2.05) is 30.3 Å². The number of aromatic hydroxyl groups is 1. The van der Waals surface area contributed by atoms with Crippen LogP contribution in [-0.4, -0.2) is 16.4 Å². The smallest absolute Gasteiger partial charge is 0.128 e. The number of benzene rings is 2. The number of rotatable bonds is 2. The minimum atomic E-state index is -0.187. The van der Waals surface area contributed by atoms with Crippen molar-refractivity contribution in [3.8, 4) is 11.5 Å². The molecule has 0 aliphatic carbocycles. The maximum Gasteiger partial charge on any atom is 0.128 e. The first-order chi connectivity index (χ1) is 11.9. The predicted octanol–water partition coefficient (Wildman–Crippen LogP) is 4.59. The Labute approximate surface area is 152 Å². The van der Waals surface area contributed by atoms with Crippen LogP contribution in [0.3, 0.4) is 0 Å². The van der Waals surface area contributed by atoms with Gasteiger partial charge in [0, 0.05) is 23.1 Å². The van der Waals surface area contributed by atoms with Gasteiger partial charge >= 0.3 is 0 Å². The number of fused-ring (bicyclic) bond motifs is 1. The molecule has 2 N–H and O–H groups in total. The zero-order chi connectivity index (χ0) is 17.6. The number of nitrogens with zero attached hydrogens (tertiary/aromatic N) is 1. The summed E-state index contributed by atoms with van der Waals surface area (Å²) in [6, 6.07) is 11.6. The van der Waals surface area contributed by atoms with Crippen molar-refractivity contribution in [2.75, 3.05) is 0 Å². The van der Waals surface area contributed by atoms with Crippen LogP contribution >= 0.6 is 11.6 Å². The Hall–Kier alpha value is -2.20. The highest BCUT2D eigenvalue weighted by molar-refractivity contribution is 6.30. The van der Waals surface area contributed by atoms with Crippen LogP contribution in [0.5, 0.6) is 11.5 Å². The molecule has 0 bridgehead atoms. The van der Waals surface area contributed by atoms with Crippen molar-refractivity contribution in [3.05, 3.63) is 58.1 Å². The molecule has 5 heteroatoms. The molecule has 2 aliphatic heterocycles. The van der Waals surface area contributed by atoms with Crippen LogP contribution in [-0.2, 0) is 6.42 Å². The number of phenols is 1. The summed E-state index contributed by atoms with van der Waals surface area (Å²) in [6.45, 7) is 4.14. The number of phenolic OH excluding ortho intramolecular Hbond substituents is 1. The molecule has 0 saturated heterocycles. The molecule has 0 amide bonds. The molecule has 0 saturated carbocycles. The van der Waals surface area contributed by atoms with Gasteiger partial charge in [0.1, 0.15) is 17.1 Å². The second-order valence-corrected chi connectivity index (χ2v) is 7.77. The molecule has 0 radical (unpaired) electrons. The van der Waals surface area contributed by atoms with Crippen LogP contribution in [0.4, 0.5) is 0 Å². The summed E-state index contributed by atoms with van der Waals surface area (Å²) < 4.78 is 5.99. The Kier molecular flexibility index (Phi) is 3.88. The van der Waals surface area contributed by atoms with Crippen LogP contribution in [0.2, 0.25) is 5.02 Å². The third-order valence-corrected chi connectivity index (χ3v) is 5.15. The van der Waals surface area contributed by atoms with Crippen LogP contribution in [0.15, 0.2) is 41.5 Å². The third-order valence-electron chi connectivity index (χ3n) is 4.90. The standard InChI is InChI=1S/C20H21ClN2O2/c1-20(2)8-7-13-9-15(18(24)11-19(13)25-20)17-10-16(22-23-17)12-3-5-14(21)6-4-12/h3-6,9,11,16,22,24H,7-8,10H2,1-2H3. The summed E-state index contributed by atoms with van der Waals surface area (Å²) in [6.07, 6.45) is 2.62. The molecule has 1 unspecified atom stereocenters. The Bertz CT molecular complexity index is 844. The van der Waals surface area contributed by atoms with Crippen molar-refractivity contribution in [2.45, 2.75) is 44.8 Å². The largest absolute Gasteiger partial charge is 0.507 e. The van der Waals surface area contributed by atoms with E-state index in [-0.39, 0.29) is 17.4 Å². The van der Waals surface area contributed by atoms with Gasteiger partial charge in [0.2, 0.25) is 0 Å². The number of hydrazone groups is 1. The second-order valence-electron chi connectivity index (χ2n) is 7.33. The van der Waals surface area contributed by atoms with Gasteiger partial charge in [-0.05, 0) is 56.0 Å². The maximum atomic E-state index is 10.5. The first-order valence-electron chi connectivity index (χ1n) is 8.54. The van der Waals surface area contributed by atoms with Gasteiger partial charge in [0.15, 0.2) is 0 Å². The van der Waals surface area contributed by atoms with E-state index in [4.69, 9.17) is 16.3 Å². The summed E-state index contributed by atoms with van der Waals surface area (Å²) in [4.78, 5) is 0. The normalized spacial score (nSPS) is 21.1. The predicted molar refractivity (Wildman–Crippen MR) is 99.6 cm³/mol. The molecule has 130 valence electrons. The third kappa shape index (κ3) is 3.19. The minimum Gasteiger partial charge on any atom is -0.507 e. The van der Waals surface area contributed by atoms with Gasteiger partial charge < -0.3 is 15.3 Å². The number of nitrogens with one attached hydrogen (secondary N) is 1. The summed E-state index contributed by atoms with van der Waals surface area (Å²) in [5.74, 6) is 0.993.